The van der Waals surface area contributed by atoms with Gasteiger partial charge in [-0.25, -0.2) is 0 Å². The first-order chi connectivity index (χ1) is 16.3. The molecule has 3 aliphatic heterocycles. The van der Waals surface area contributed by atoms with Crippen LogP contribution in [-0.4, -0.2) is 55.4 Å². The molecule has 0 N–H and O–H groups in total. The van der Waals surface area contributed by atoms with Crippen molar-refractivity contribution in [3.63, 3.8) is 0 Å². The second-order valence-corrected chi connectivity index (χ2v) is 9.48. The van der Waals surface area contributed by atoms with Crippen molar-refractivity contribution in [3.05, 3.63) is 66.4 Å². The lowest BCUT2D eigenvalue weighted by Gasteiger charge is -2.44. The molecule has 3 aliphatic rings. The highest BCUT2D eigenvalue weighted by atomic mass is 16.7. The van der Waals surface area contributed by atoms with Crippen molar-refractivity contribution >= 4 is 10.9 Å². The van der Waals surface area contributed by atoms with Crippen molar-refractivity contribution in [2.45, 2.75) is 37.5 Å². The zero-order valence-electron chi connectivity index (χ0n) is 19.1. The lowest BCUT2D eigenvalue weighted by atomic mass is 9.83. The van der Waals surface area contributed by atoms with Crippen molar-refractivity contribution in [2.75, 3.05) is 39.5 Å². The first-order valence-corrected chi connectivity index (χ1v) is 12.4. The number of hydrogen-bond donors (Lipinski definition) is 0. The average Bonchev–Trinajstić information content (AvgIpc) is 3.40. The zero-order chi connectivity index (χ0) is 22.1. The molecule has 4 heterocycles. The number of para-hydroxylation sites is 1. The maximum Gasteiger partial charge on any atom is 0.197 e. The summed E-state index contributed by atoms with van der Waals surface area (Å²) in [6, 6.07) is 19.9. The van der Waals surface area contributed by atoms with E-state index in [2.05, 4.69) is 58.4 Å². The van der Waals surface area contributed by atoms with Crippen LogP contribution < -0.4 is 0 Å². The molecule has 5 nitrogen and oxygen atoms in total. The third-order valence-corrected chi connectivity index (χ3v) is 7.72. The standard InChI is InChI=1S/C28H32N2O3/c1-3-22-4-2-14-29-27(22)26(5-1)21-6-8-23(9-7-21)28(32-19-20-33-28)24-10-15-30(16-11-24)25-12-17-31-18-13-25/h1-9,14,24-25H,10-13,15-20H2. The second-order valence-electron chi connectivity index (χ2n) is 9.48. The van der Waals surface area contributed by atoms with E-state index < -0.39 is 5.79 Å². The maximum absolute atomic E-state index is 6.39. The highest BCUT2D eigenvalue weighted by Gasteiger charge is 2.47. The smallest absolute Gasteiger partial charge is 0.197 e. The molecule has 5 heteroatoms. The minimum atomic E-state index is -0.614. The van der Waals surface area contributed by atoms with E-state index in [-0.39, 0.29) is 0 Å². The molecule has 0 unspecified atom stereocenters. The maximum atomic E-state index is 6.39. The molecule has 172 valence electrons. The average molecular weight is 445 g/mol. The van der Waals surface area contributed by atoms with Crippen LogP contribution in [0.4, 0.5) is 0 Å². The molecular weight excluding hydrogens is 412 g/mol. The Morgan fingerprint density at radius 3 is 2.27 bits per heavy atom. The van der Waals surface area contributed by atoms with Crippen molar-refractivity contribution in [1.29, 1.82) is 0 Å². The largest absolute Gasteiger partial charge is 0.381 e. The van der Waals surface area contributed by atoms with Gasteiger partial charge in [0.15, 0.2) is 5.79 Å². The van der Waals surface area contributed by atoms with Crippen molar-refractivity contribution in [1.82, 2.24) is 9.88 Å². The minimum Gasteiger partial charge on any atom is -0.381 e. The number of pyridine rings is 1. The molecule has 0 atom stereocenters. The quantitative estimate of drug-likeness (QED) is 0.567. The van der Waals surface area contributed by atoms with Crippen molar-refractivity contribution in [2.24, 2.45) is 5.92 Å². The number of likely N-dealkylation sites (tertiary alicyclic amines) is 1. The number of fused-ring (bicyclic) bond motifs is 1. The summed E-state index contributed by atoms with van der Waals surface area (Å²) in [5.41, 5.74) is 4.51. The molecule has 0 aliphatic carbocycles. The van der Waals surface area contributed by atoms with Crippen LogP contribution >= 0.6 is 0 Å². The number of benzene rings is 2. The SMILES string of the molecule is c1cnc2c(-c3ccc(C4(C5CCN(C6CCOCC6)CC5)OCCO4)cc3)cccc2c1. The fraction of sp³-hybridized carbons (Fsp3) is 0.464. The van der Waals surface area contributed by atoms with Gasteiger partial charge in [0, 0.05) is 47.9 Å². The molecule has 1 aromatic heterocycles. The Bertz CT molecular complexity index is 1070. The van der Waals surface area contributed by atoms with E-state index in [0.29, 0.717) is 25.2 Å². The lowest BCUT2D eigenvalue weighted by molar-refractivity contribution is -0.215. The summed E-state index contributed by atoms with van der Waals surface area (Å²) >= 11 is 0. The van der Waals surface area contributed by atoms with Gasteiger partial charge in [-0.1, -0.05) is 48.5 Å². The Balaban J connectivity index is 1.23. The zero-order valence-corrected chi connectivity index (χ0v) is 19.1. The Hall–Kier alpha value is -2.31. The third-order valence-electron chi connectivity index (χ3n) is 7.72. The Morgan fingerprint density at radius 2 is 1.52 bits per heavy atom. The van der Waals surface area contributed by atoms with Crippen LogP contribution in [-0.2, 0) is 20.0 Å². The fourth-order valence-corrected chi connectivity index (χ4v) is 5.98. The highest BCUT2D eigenvalue weighted by Crippen LogP contribution is 2.44. The van der Waals surface area contributed by atoms with Gasteiger partial charge in [-0.3, -0.25) is 4.98 Å². The molecule has 0 amide bonds. The second kappa shape index (κ2) is 9.15. The lowest BCUT2D eigenvalue weighted by Crippen LogP contribution is -2.48. The summed E-state index contributed by atoms with van der Waals surface area (Å²) in [6.07, 6.45) is 6.39. The summed E-state index contributed by atoms with van der Waals surface area (Å²) in [4.78, 5) is 7.29. The number of nitrogens with zero attached hydrogens (tertiary/aromatic N) is 2. The summed E-state index contributed by atoms with van der Waals surface area (Å²) in [5.74, 6) is -0.238. The van der Waals surface area contributed by atoms with Crippen molar-refractivity contribution in [3.8, 4) is 11.1 Å². The van der Waals surface area contributed by atoms with Crippen LogP contribution in [0.25, 0.3) is 22.0 Å². The first-order valence-electron chi connectivity index (χ1n) is 12.4. The van der Waals surface area contributed by atoms with Gasteiger partial charge in [0.05, 0.1) is 18.7 Å². The van der Waals surface area contributed by atoms with E-state index in [1.165, 1.54) is 5.56 Å². The summed E-state index contributed by atoms with van der Waals surface area (Å²) < 4.78 is 18.3. The van der Waals surface area contributed by atoms with Crippen LogP contribution in [0, 0.1) is 5.92 Å². The molecule has 3 fully saturated rings. The molecule has 0 spiro atoms. The molecule has 0 radical (unpaired) electrons. The Labute approximate surface area is 195 Å². The molecule has 0 bridgehead atoms. The molecule has 6 rings (SSSR count). The number of hydrogen-bond acceptors (Lipinski definition) is 5. The van der Waals surface area contributed by atoms with Gasteiger partial charge in [0.25, 0.3) is 0 Å². The van der Waals surface area contributed by atoms with E-state index in [0.717, 1.165) is 74.0 Å². The van der Waals surface area contributed by atoms with Gasteiger partial charge in [0.2, 0.25) is 0 Å². The van der Waals surface area contributed by atoms with E-state index in [1.54, 1.807) is 0 Å². The predicted molar refractivity (Wildman–Crippen MR) is 129 cm³/mol. The monoisotopic (exact) mass is 444 g/mol. The van der Waals surface area contributed by atoms with Gasteiger partial charge < -0.3 is 19.1 Å². The molecule has 2 aromatic carbocycles. The third kappa shape index (κ3) is 3.97. The van der Waals surface area contributed by atoms with Crippen LogP contribution in [0.3, 0.4) is 0 Å². The molecule has 3 saturated heterocycles. The van der Waals surface area contributed by atoms with Gasteiger partial charge in [0.1, 0.15) is 0 Å². The fourth-order valence-electron chi connectivity index (χ4n) is 5.98. The molecule has 3 aromatic rings. The highest BCUT2D eigenvalue weighted by molar-refractivity contribution is 5.93. The normalized spacial score (nSPS) is 22.7. The van der Waals surface area contributed by atoms with E-state index in [1.807, 2.05) is 12.3 Å². The van der Waals surface area contributed by atoms with Gasteiger partial charge >= 0.3 is 0 Å². The van der Waals surface area contributed by atoms with Gasteiger partial charge in [-0.15, -0.1) is 0 Å². The summed E-state index contributed by atoms with van der Waals surface area (Å²) in [6.45, 7) is 5.36. The predicted octanol–water partition coefficient (Wildman–Crippen LogP) is 4.99. The van der Waals surface area contributed by atoms with Crippen LogP contribution in [0.1, 0.15) is 31.2 Å². The van der Waals surface area contributed by atoms with E-state index >= 15 is 0 Å². The first kappa shape index (κ1) is 21.2. The minimum absolute atomic E-state index is 0.376. The number of rotatable bonds is 4. The Morgan fingerprint density at radius 1 is 0.788 bits per heavy atom. The van der Waals surface area contributed by atoms with E-state index in [4.69, 9.17) is 14.2 Å². The number of ether oxygens (including phenoxy) is 3. The van der Waals surface area contributed by atoms with Crippen LogP contribution in [0.2, 0.25) is 0 Å². The van der Waals surface area contributed by atoms with Gasteiger partial charge in [-0.05, 0) is 50.4 Å². The van der Waals surface area contributed by atoms with E-state index in [9.17, 15) is 0 Å². The number of piperidine rings is 1. The van der Waals surface area contributed by atoms with Crippen LogP contribution in [0.15, 0.2) is 60.8 Å². The topological polar surface area (TPSA) is 43.8 Å². The molecular formula is C28H32N2O3. The molecule has 0 saturated carbocycles. The van der Waals surface area contributed by atoms with Gasteiger partial charge in [-0.2, -0.15) is 0 Å². The van der Waals surface area contributed by atoms with Crippen molar-refractivity contribution < 1.29 is 14.2 Å². The molecule has 33 heavy (non-hydrogen) atoms. The number of aromatic nitrogens is 1. The summed E-state index contributed by atoms with van der Waals surface area (Å²) in [5, 5.41) is 1.16. The van der Waals surface area contributed by atoms with Crippen LogP contribution in [0.5, 0.6) is 0 Å². The Kier molecular flexibility index (Phi) is 5.89. The summed E-state index contributed by atoms with van der Waals surface area (Å²) in [7, 11) is 0.